The molecule has 2 aromatic heterocycles. The van der Waals surface area contributed by atoms with Crippen LogP contribution >= 0.6 is 0 Å². The molecule has 0 unspecified atom stereocenters. The first-order valence-electron chi connectivity index (χ1n) is 8.08. The molecule has 1 aromatic carbocycles. The van der Waals surface area contributed by atoms with E-state index in [1.807, 2.05) is 19.1 Å². The van der Waals surface area contributed by atoms with E-state index >= 15 is 0 Å². The first-order chi connectivity index (χ1) is 11.7. The zero-order valence-corrected chi connectivity index (χ0v) is 13.4. The van der Waals surface area contributed by atoms with E-state index in [-0.39, 0.29) is 18.5 Å². The molecule has 3 heterocycles. The summed E-state index contributed by atoms with van der Waals surface area (Å²) in [5, 5.41) is 9.74. The van der Waals surface area contributed by atoms with Gasteiger partial charge in [0.1, 0.15) is 11.6 Å². The van der Waals surface area contributed by atoms with E-state index in [1.54, 1.807) is 18.3 Å². The van der Waals surface area contributed by atoms with Crippen molar-refractivity contribution in [2.24, 2.45) is 0 Å². The molecule has 122 valence electrons. The molecule has 0 radical (unpaired) electrons. The fourth-order valence-corrected chi connectivity index (χ4v) is 3.42. The summed E-state index contributed by atoms with van der Waals surface area (Å²) in [6.07, 6.45) is 3.51. The molecule has 4 rings (SSSR count). The van der Waals surface area contributed by atoms with Crippen molar-refractivity contribution in [1.82, 2.24) is 14.5 Å². The molecular formula is C19H18FN3O. The Labute approximate surface area is 139 Å². The second-order valence-electron chi connectivity index (χ2n) is 6.16. The van der Waals surface area contributed by atoms with E-state index in [0.717, 1.165) is 46.9 Å². The molecule has 0 spiro atoms. The molecule has 1 atom stereocenters. The maximum Gasteiger partial charge on any atom is 0.123 e. The molecule has 0 fully saturated rings. The van der Waals surface area contributed by atoms with Crippen molar-refractivity contribution in [3.05, 3.63) is 59.9 Å². The van der Waals surface area contributed by atoms with Gasteiger partial charge in [0.05, 0.1) is 24.0 Å². The lowest BCUT2D eigenvalue weighted by atomic mass is 10.0. The van der Waals surface area contributed by atoms with Gasteiger partial charge in [-0.1, -0.05) is 0 Å². The van der Waals surface area contributed by atoms with E-state index in [0.29, 0.717) is 0 Å². The van der Waals surface area contributed by atoms with Crippen LogP contribution in [-0.4, -0.2) is 26.2 Å². The van der Waals surface area contributed by atoms with E-state index in [4.69, 9.17) is 4.98 Å². The largest absolute Gasteiger partial charge is 0.394 e. The molecule has 3 aromatic rings. The van der Waals surface area contributed by atoms with Crippen molar-refractivity contribution >= 4 is 0 Å². The van der Waals surface area contributed by atoms with Crippen LogP contribution in [0.25, 0.3) is 22.5 Å². The maximum atomic E-state index is 13.3. The predicted octanol–water partition coefficient (Wildman–Crippen LogP) is 3.54. The molecule has 0 saturated carbocycles. The van der Waals surface area contributed by atoms with Crippen LogP contribution in [0.2, 0.25) is 0 Å². The predicted molar refractivity (Wildman–Crippen MR) is 90.0 cm³/mol. The second kappa shape index (κ2) is 5.83. The Hall–Kier alpha value is -2.53. The molecule has 1 aliphatic heterocycles. The Kier molecular flexibility index (Phi) is 3.65. The minimum absolute atomic E-state index is 0.0326. The molecule has 0 bridgehead atoms. The van der Waals surface area contributed by atoms with Crippen LogP contribution in [-0.2, 0) is 6.42 Å². The molecular weight excluding hydrogens is 305 g/mol. The maximum absolute atomic E-state index is 13.3. The number of benzene rings is 1. The van der Waals surface area contributed by atoms with Crippen LogP contribution in [0.4, 0.5) is 4.39 Å². The lowest BCUT2D eigenvalue weighted by molar-refractivity contribution is 0.234. The van der Waals surface area contributed by atoms with Gasteiger partial charge in [-0.2, -0.15) is 0 Å². The van der Waals surface area contributed by atoms with Crippen molar-refractivity contribution < 1.29 is 9.50 Å². The number of hydrogen-bond acceptors (Lipinski definition) is 3. The van der Waals surface area contributed by atoms with E-state index in [1.165, 1.54) is 12.1 Å². The standard InChI is InChI=1S/C19H18FN3O/c1-12-10-14(8-9-21-12)19-18(13-2-4-15(20)5-3-13)22-17-7-6-16(11-24)23(17)19/h2-5,8-10,16,24H,6-7,11H2,1H3/t16-/m0/s1. The summed E-state index contributed by atoms with van der Waals surface area (Å²) in [7, 11) is 0. The third kappa shape index (κ3) is 2.41. The lowest BCUT2D eigenvalue weighted by Crippen LogP contribution is -2.10. The zero-order chi connectivity index (χ0) is 16.7. The van der Waals surface area contributed by atoms with Gasteiger partial charge in [0.25, 0.3) is 0 Å². The van der Waals surface area contributed by atoms with Crippen LogP contribution in [0.5, 0.6) is 0 Å². The Morgan fingerprint density at radius 1 is 1.21 bits per heavy atom. The van der Waals surface area contributed by atoms with Crippen molar-refractivity contribution in [2.45, 2.75) is 25.8 Å². The Balaban J connectivity index is 1.96. The van der Waals surface area contributed by atoms with Gasteiger partial charge in [0, 0.05) is 29.4 Å². The molecule has 4 nitrogen and oxygen atoms in total. The monoisotopic (exact) mass is 323 g/mol. The fourth-order valence-electron chi connectivity index (χ4n) is 3.42. The molecule has 0 saturated heterocycles. The van der Waals surface area contributed by atoms with Crippen LogP contribution in [0.3, 0.4) is 0 Å². The first kappa shape index (κ1) is 15.0. The number of halogens is 1. The van der Waals surface area contributed by atoms with Gasteiger partial charge in [0.15, 0.2) is 0 Å². The number of imidazole rings is 1. The van der Waals surface area contributed by atoms with Crippen molar-refractivity contribution in [3.8, 4) is 22.5 Å². The van der Waals surface area contributed by atoms with E-state index in [9.17, 15) is 9.50 Å². The van der Waals surface area contributed by atoms with Gasteiger partial charge in [-0.3, -0.25) is 4.98 Å². The Bertz CT molecular complexity index is 886. The number of aryl methyl sites for hydroxylation is 2. The van der Waals surface area contributed by atoms with Gasteiger partial charge in [-0.25, -0.2) is 9.37 Å². The highest BCUT2D eigenvalue weighted by Crippen LogP contribution is 2.39. The summed E-state index contributed by atoms with van der Waals surface area (Å²) >= 11 is 0. The molecule has 1 aliphatic rings. The number of pyridine rings is 1. The highest BCUT2D eigenvalue weighted by Gasteiger charge is 2.29. The summed E-state index contributed by atoms with van der Waals surface area (Å²) in [5.74, 6) is 0.706. The van der Waals surface area contributed by atoms with E-state index < -0.39 is 0 Å². The Morgan fingerprint density at radius 2 is 2.00 bits per heavy atom. The van der Waals surface area contributed by atoms with Gasteiger partial charge < -0.3 is 9.67 Å². The number of aromatic nitrogens is 3. The SMILES string of the molecule is Cc1cc(-c2c(-c3ccc(F)cc3)nc3n2[C@H](CO)CC3)ccn1. The van der Waals surface area contributed by atoms with Gasteiger partial charge in [0.2, 0.25) is 0 Å². The van der Waals surface area contributed by atoms with Crippen LogP contribution < -0.4 is 0 Å². The highest BCUT2D eigenvalue weighted by molar-refractivity contribution is 5.79. The van der Waals surface area contributed by atoms with E-state index in [2.05, 4.69) is 9.55 Å². The molecule has 5 heteroatoms. The number of fused-ring (bicyclic) bond motifs is 1. The minimum atomic E-state index is -0.264. The average Bonchev–Trinajstić information content (AvgIpc) is 3.14. The summed E-state index contributed by atoms with van der Waals surface area (Å²) in [5.41, 5.74) is 4.61. The normalized spacial score (nSPS) is 16.4. The summed E-state index contributed by atoms with van der Waals surface area (Å²) in [4.78, 5) is 9.07. The van der Waals surface area contributed by atoms with Gasteiger partial charge in [-0.05, 0) is 49.7 Å². The van der Waals surface area contributed by atoms with Crippen molar-refractivity contribution in [1.29, 1.82) is 0 Å². The topological polar surface area (TPSA) is 50.9 Å². The van der Waals surface area contributed by atoms with Gasteiger partial charge in [-0.15, -0.1) is 0 Å². The third-order valence-corrected chi connectivity index (χ3v) is 4.55. The van der Waals surface area contributed by atoms with Crippen LogP contribution in [0.15, 0.2) is 42.6 Å². The van der Waals surface area contributed by atoms with Crippen LogP contribution in [0, 0.1) is 12.7 Å². The second-order valence-corrected chi connectivity index (χ2v) is 6.16. The number of rotatable bonds is 3. The third-order valence-electron chi connectivity index (χ3n) is 4.55. The number of nitrogens with zero attached hydrogens (tertiary/aromatic N) is 3. The molecule has 0 amide bonds. The minimum Gasteiger partial charge on any atom is -0.394 e. The van der Waals surface area contributed by atoms with Crippen LogP contribution in [0.1, 0.15) is 24.0 Å². The molecule has 1 N–H and O–H groups in total. The highest BCUT2D eigenvalue weighted by atomic mass is 19.1. The quantitative estimate of drug-likeness (QED) is 0.802. The zero-order valence-electron chi connectivity index (χ0n) is 13.4. The summed E-state index contributed by atoms with van der Waals surface area (Å²) in [6, 6.07) is 10.4. The summed E-state index contributed by atoms with van der Waals surface area (Å²) in [6.45, 7) is 2.04. The Morgan fingerprint density at radius 3 is 2.71 bits per heavy atom. The summed E-state index contributed by atoms with van der Waals surface area (Å²) < 4.78 is 15.4. The lowest BCUT2D eigenvalue weighted by Gasteiger charge is -2.15. The smallest absolute Gasteiger partial charge is 0.123 e. The molecule has 0 aliphatic carbocycles. The fraction of sp³-hybridized carbons (Fsp3) is 0.263. The molecule has 24 heavy (non-hydrogen) atoms. The average molecular weight is 323 g/mol. The van der Waals surface area contributed by atoms with Crippen molar-refractivity contribution in [2.75, 3.05) is 6.61 Å². The number of hydrogen-bond donors (Lipinski definition) is 1. The number of aliphatic hydroxyl groups is 1. The van der Waals surface area contributed by atoms with Gasteiger partial charge >= 0.3 is 0 Å². The first-order valence-corrected chi connectivity index (χ1v) is 8.08. The number of aliphatic hydroxyl groups excluding tert-OH is 1. The van der Waals surface area contributed by atoms with Crippen molar-refractivity contribution in [3.63, 3.8) is 0 Å².